The molecule has 2 rings (SSSR count). The molecule has 0 fully saturated rings. The number of anilines is 1. The van der Waals surface area contributed by atoms with Gasteiger partial charge < -0.3 is 5.11 Å². The summed E-state index contributed by atoms with van der Waals surface area (Å²) in [6.07, 6.45) is 0. The molecule has 2 aromatic carbocycles. The van der Waals surface area contributed by atoms with Crippen LogP contribution >= 0.6 is 12.8 Å². The summed E-state index contributed by atoms with van der Waals surface area (Å²) in [6, 6.07) is 14.1. The van der Waals surface area contributed by atoms with Crippen LogP contribution in [0.4, 0.5) is 5.69 Å². The van der Waals surface area contributed by atoms with Crippen LogP contribution in [0.3, 0.4) is 0 Å². The molecule has 0 saturated heterocycles. The fraction of sp³-hybridized carbons (Fsp3) is 0. The Bertz CT molecular complexity index is 505. The molecule has 0 amide bonds. The predicted molar refractivity (Wildman–Crippen MR) is 66.8 cm³/mol. The number of nitrogens with zero attached hydrogens (tertiary/aromatic N) is 1. The van der Waals surface area contributed by atoms with Crippen LogP contribution in [0.2, 0.25) is 0 Å². The Morgan fingerprint density at radius 3 is 2.00 bits per heavy atom. The average Bonchev–Trinajstić information content (AvgIpc) is 2.29. The molecule has 0 aromatic heterocycles. The second kappa shape index (κ2) is 6.06. The standard InChI is InChI=1S/C12H11NO2S.Zn/c14-12-8-4-2-6-10(12)9-5-1-3-7-11(9)13(15)16;/h1-8,14-16H;. The van der Waals surface area contributed by atoms with Gasteiger partial charge in [0.1, 0.15) is 5.75 Å². The van der Waals surface area contributed by atoms with Crippen LogP contribution in [0.5, 0.6) is 5.75 Å². The molecule has 2 aromatic rings. The van der Waals surface area contributed by atoms with Crippen molar-refractivity contribution in [3.05, 3.63) is 48.5 Å². The van der Waals surface area contributed by atoms with Crippen molar-refractivity contribution in [2.75, 3.05) is 4.47 Å². The molecule has 0 saturated carbocycles. The van der Waals surface area contributed by atoms with Gasteiger partial charge in [0.15, 0.2) is 0 Å². The van der Waals surface area contributed by atoms with Gasteiger partial charge in [-0.1, -0.05) is 36.4 Å². The summed E-state index contributed by atoms with van der Waals surface area (Å²) in [5, 5.41) is 19.1. The van der Waals surface area contributed by atoms with Crippen molar-refractivity contribution in [2.24, 2.45) is 0 Å². The van der Waals surface area contributed by atoms with E-state index in [9.17, 15) is 10.3 Å². The maximum atomic E-state index is 9.75. The van der Waals surface area contributed by atoms with Gasteiger partial charge in [-0.15, -0.1) is 0 Å². The number of phenolic OH excluding ortho intramolecular Hbond substituents is 1. The Balaban J connectivity index is 0.00000144. The van der Waals surface area contributed by atoms with Gasteiger partial charge in [-0.3, -0.25) is 5.21 Å². The van der Waals surface area contributed by atoms with E-state index in [0.29, 0.717) is 11.3 Å². The molecule has 0 atom stereocenters. The van der Waals surface area contributed by atoms with Crippen LogP contribution in [0.1, 0.15) is 0 Å². The van der Waals surface area contributed by atoms with E-state index in [1.807, 2.05) is 18.2 Å². The van der Waals surface area contributed by atoms with Crippen LogP contribution in [-0.4, -0.2) is 10.3 Å². The minimum atomic E-state index is 0. The Hall–Kier alpha value is -1.03. The van der Waals surface area contributed by atoms with Gasteiger partial charge >= 0.3 is 0 Å². The normalized spacial score (nSPS) is 9.53. The monoisotopic (exact) mass is 297 g/mol. The first-order chi connectivity index (χ1) is 7.70. The third-order valence-corrected chi connectivity index (χ3v) is 2.53. The van der Waals surface area contributed by atoms with Crippen LogP contribution in [0.15, 0.2) is 48.5 Å². The second-order valence-electron chi connectivity index (χ2n) is 3.32. The van der Waals surface area contributed by atoms with E-state index in [4.69, 9.17) is 0 Å². The van der Waals surface area contributed by atoms with Gasteiger partial charge in [-0.2, -0.15) is 0 Å². The molecule has 84 valence electrons. The van der Waals surface area contributed by atoms with Crippen molar-refractivity contribution in [1.82, 2.24) is 0 Å². The predicted octanol–water partition coefficient (Wildman–Crippen LogP) is 3.10. The zero-order valence-electron chi connectivity index (χ0n) is 9.11. The Morgan fingerprint density at radius 2 is 1.41 bits per heavy atom. The van der Waals surface area contributed by atoms with E-state index in [-0.39, 0.29) is 25.2 Å². The van der Waals surface area contributed by atoms with E-state index in [0.717, 1.165) is 10.0 Å². The van der Waals surface area contributed by atoms with Gasteiger partial charge in [0.25, 0.3) is 0 Å². The molecule has 0 aliphatic carbocycles. The molecule has 0 spiro atoms. The molecule has 0 heterocycles. The summed E-state index contributed by atoms with van der Waals surface area (Å²) in [6.45, 7) is 0. The van der Waals surface area contributed by atoms with E-state index < -0.39 is 0 Å². The van der Waals surface area contributed by atoms with Crippen molar-refractivity contribution in [1.29, 1.82) is 0 Å². The maximum absolute atomic E-state index is 9.75. The number of rotatable bonds is 2. The minimum Gasteiger partial charge on any atom is -0.507 e. The molecule has 0 radical (unpaired) electrons. The fourth-order valence-corrected chi connectivity index (χ4v) is 1.75. The Kier molecular flexibility index (Phi) is 5.00. The SMILES string of the molecule is Oc1ccccc1-c1ccccc1N(O)S.[Zn]. The topological polar surface area (TPSA) is 43.7 Å². The molecule has 17 heavy (non-hydrogen) atoms. The summed E-state index contributed by atoms with van der Waals surface area (Å²) in [5.41, 5.74) is 1.90. The van der Waals surface area contributed by atoms with Crippen molar-refractivity contribution in [3.63, 3.8) is 0 Å². The third-order valence-electron chi connectivity index (χ3n) is 2.31. The number of para-hydroxylation sites is 2. The number of phenols is 1. The summed E-state index contributed by atoms with van der Waals surface area (Å²) in [7, 11) is 0. The largest absolute Gasteiger partial charge is 0.507 e. The van der Waals surface area contributed by atoms with Crippen LogP contribution in [0.25, 0.3) is 11.1 Å². The summed E-state index contributed by atoms with van der Waals surface area (Å²) in [4.78, 5) is 0. The van der Waals surface area contributed by atoms with Gasteiger partial charge in [-0.25, -0.2) is 4.47 Å². The quantitative estimate of drug-likeness (QED) is 0.453. The molecule has 5 heteroatoms. The average molecular weight is 299 g/mol. The van der Waals surface area contributed by atoms with E-state index in [1.165, 1.54) is 0 Å². The van der Waals surface area contributed by atoms with Crippen molar-refractivity contribution in [3.8, 4) is 16.9 Å². The van der Waals surface area contributed by atoms with Gasteiger partial charge in [0.05, 0.1) is 5.69 Å². The molecular weight excluding hydrogens is 288 g/mol. The first-order valence-electron chi connectivity index (χ1n) is 4.75. The Labute approximate surface area is 118 Å². The number of benzene rings is 2. The zero-order valence-corrected chi connectivity index (χ0v) is 13.0. The summed E-state index contributed by atoms with van der Waals surface area (Å²) >= 11 is 3.85. The molecule has 3 nitrogen and oxygen atoms in total. The van der Waals surface area contributed by atoms with Crippen molar-refractivity contribution >= 4 is 18.5 Å². The second-order valence-corrected chi connectivity index (χ2v) is 3.70. The molecule has 0 unspecified atom stereocenters. The first-order valence-corrected chi connectivity index (χ1v) is 5.15. The molecule has 2 N–H and O–H groups in total. The summed E-state index contributed by atoms with van der Waals surface area (Å²) < 4.78 is 0.738. The fourth-order valence-electron chi connectivity index (χ4n) is 1.58. The molecular formula is C12H11NO2SZn. The van der Waals surface area contributed by atoms with Crippen LogP contribution in [0, 0.1) is 0 Å². The third kappa shape index (κ3) is 3.00. The van der Waals surface area contributed by atoms with Gasteiger partial charge in [0.2, 0.25) is 0 Å². The first kappa shape index (κ1) is 14.0. The van der Waals surface area contributed by atoms with Gasteiger partial charge in [-0.05, 0) is 24.9 Å². The molecule has 0 aliphatic rings. The maximum Gasteiger partial charge on any atom is 0.123 e. The molecule has 0 bridgehead atoms. The van der Waals surface area contributed by atoms with E-state index in [1.54, 1.807) is 30.3 Å². The number of hydrogen-bond donors (Lipinski definition) is 3. The minimum absolute atomic E-state index is 0. The number of thiol groups is 1. The zero-order chi connectivity index (χ0) is 11.5. The van der Waals surface area contributed by atoms with Gasteiger partial charge in [0, 0.05) is 30.6 Å². The van der Waals surface area contributed by atoms with Crippen LogP contribution in [-0.2, 0) is 19.5 Å². The van der Waals surface area contributed by atoms with Crippen LogP contribution < -0.4 is 4.47 Å². The summed E-state index contributed by atoms with van der Waals surface area (Å²) in [5.74, 6) is 0.171. The van der Waals surface area contributed by atoms with E-state index >= 15 is 0 Å². The van der Waals surface area contributed by atoms with Crippen molar-refractivity contribution in [2.45, 2.75) is 0 Å². The Morgan fingerprint density at radius 1 is 0.882 bits per heavy atom. The van der Waals surface area contributed by atoms with E-state index in [2.05, 4.69) is 12.8 Å². The van der Waals surface area contributed by atoms with Crippen molar-refractivity contribution < 1.29 is 29.8 Å². The smallest absolute Gasteiger partial charge is 0.123 e. The molecule has 0 aliphatic heterocycles. The number of aromatic hydroxyl groups is 1. The number of hydrogen-bond acceptors (Lipinski definition) is 4.